The molecule has 1 aliphatic heterocycles. The van der Waals surface area contributed by atoms with Gasteiger partial charge in [0.15, 0.2) is 0 Å². The van der Waals surface area contributed by atoms with Crippen molar-refractivity contribution in [3.05, 3.63) is 0 Å². The molecule has 0 aliphatic carbocycles. The summed E-state index contributed by atoms with van der Waals surface area (Å²) in [5.74, 6) is 0. The summed E-state index contributed by atoms with van der Waals surface area (Å²) in [6.07, 6.45) is 0. The third-order valence-corrected chi connectivity index (χ3v) is 21.0. The minimum absolute atomic E-state index is 0.108. The molecule has 0 aromatic carbocycles. The van der Waals surface area contributed by atoms with Gasteiger partial charge in [-0.05, 0) is 30.2 Å². The zero-order valence-electron chi connectivity index (χ0n) is 14.8. The average Bonchev–Trinajstić information content (AvgIpc) is 2.45. The van der Waals surface area contributed by atoms with E-state index in [2.05, 4.69) is 55.4 Å². The van der Waals surface area contributed by atoms with Crippen LogP contribution >= 0.6 is 0 Å². The summed E-state index contributed by atoms with van der Waals surface area (Å²) in [5.41, 5.74) is 0. The Hall–Kier alpha value is 0.531. The predicted molar refractivity (Wildman–Crippen MR) is 92.6 cm³/mol. The zero-order chi connectivity index (χ0) is 15.7. The van der Waals surface area contributed by atoms with Gasteiger partial charge in [0, 0.05) is 5.04 Å². The zero-order valence-corrected chi connectivity index (χ0v) is 17.8. The number of hydrogen-bond donors (Lipinski definition) is 0. The first-order valence-electron chi connectivity index (χ1n) is 8.28. The molecule has 0 amide bonds. The Morgan fingerprint density at radius 3 is 1.15 bits per heavy atom. The van der Waals surface area contributed by atoms with Gasteiger partial charge in [0.05, 0.1) is 0 Å². The smallest absolute Gasteiger partial charge is 0.325 e. The normalized spacial score (nSPS) is 24.6. The lowest BCUT2D eigenvalue weighted by molar-refractivity contribution is 0.193. The average molecular weight is 335 g/mol. The third-order valence-electron chi connectivity index (χ3n) is 4.84. The second kappa shape index (κ2) is 6.34. The van der Waals surface area contributed by atoms with Crippen LogP contribution in [0.15, 0.2) is 0 Å². The van der Waals surface area contributed by atoms with E-state index in [1.165, 1.54) is 0 Å². The van der Waals surface area contributed by atoms with E-state index in [-0.39, 0.29) is 5.04 Å². The molecule has 3 nitrogen and oxygen atoms in total. The molecule has 0 atom stereocenters. The van der Waals surface area contributed by atoms with Crippen LogP contribution in [0.1, 0.15) is 55.4 Å². The summed E-state index contributed by atoms with van der Waals surface area (Å²) in [5, 5.41) is 0.108. The van der Waals surface area contributed by atoms with Crippen molar-refractivity contribution in [1.29, 1.82) is 0 Å². The molecular weight excluding hydrogens is 300 g/mol. The van der Waals surface area contributed by atoms with Crippen molar-refractivity contribution in [2.45, 2.75) is 90.6 Å². The highest BCUT2D eigenvalue weighted by Gasteiger charge is 2.63. The van der Waals surface area contributed by atoms with Gasteiger partial charge >= 0.3 is 25.7 Å². The highest BCUT2D eigenvalue weighted by molar-refractivity contribution is 6.95. The highest BCUT2D eigenvalue weighted by atomic mass is 28.5. The fourth-order valence-corrected chi connectivity index (χ4v) is 22.5. The van der Waals surface area contributed by atoms with E-state index in [4.69, 9.17) is 12.3 Å². The molecular formula is C14H34O3Si3. The first-order chi connectivity index (χ1) is 9.17. The van der Waals surface area contributed by atoms with Crippen LogP contribution in [0.25, 0.3) is 0 Å². The van der Waals surface area contributed by atoms with Gasteiger partial charge in [-0.15, -0.1) is 0 Å². The van der Waals surface area contributed by atoms with E-state index < -0.39 is 25.7 Å². The Labute approximate surface area is 129 Å². The molecule has 0 N–H and O–H groups in total. The first-order valence-corrected chi connectivity index (χ1v) is 14.8. The molecule has 120 valence electrons. The SMILES string of the molecule is CC[Si]1(CC)O[Si](CC)(CC)O[Si](CC)(C(C)(C)C)O1. The number of rotatable bonds is 5. The second-order valence-corrected chi connectivity index (χ2v) is 19.5. The van der Waals surface area contributed by atoms with Gasteiger partial charge in [-0.3, -0.25) is 0 Å². The molecule has 1 saturated heterocycles. The quantitative estimate of drug-likeness (QED) is 0.640. The molecule has 0 spiro atoms. The molecule has 0 aromatic heterocycles. The maximum atomic E-state index is 6.80. The van der Waals surface area contributed by atoms with Gasteiger partial charge in [0.1, 0.15) is 0 Å². The van der Waals surface area contributed by atoms with Crippen molar-refractivity contribution in [3.8, 4) is 0 Å². The summed E-state index contributed by atoms with van der Waals surface area (Å²) < 4.78 is 20.3. The summed E-state index contributed by atoms with van der Waals surface area (Å²) in [4.78, 5) is 0. The van der Waals surface area contributed by atoms with E-state index in [1.807, 2.05) is 0 Å². The molecule has 0 saturated carbocycles. The van der Waals surface area contributed by atoms with Gasteiger partial charge < -0.3 is 12.3 Å². The Kier molecular flexibility index (Phi) is 5.89. The van der Waals surface area contributed by atoms with Crippen LogP contribution in [0.4, 0.5) is 0 Å². The van der Waals surface area contributed by atoms with Crippen LogP contribution in [0, 0.1) is 0 Å². The Bertz CT molecular complexity index is 300. The van der Waals surface area contributed by atoms with Crippen LogP contribution in [0.5, 0.6) is 0 Å². The molecule has 6 heteroatoms. The minimum Gasteiger partial charge on any atom is -0.415 e. The van der Waals surface area contributed by atoms with Gasteiger partial charge in [-0.1, -0.05) is 55.4 Å². The lowest BCUT2D eigenvalue weighted by Gasteiger charge is -2.56. The molecule has 0 unspecified atom stereocenters. The largest absolute Gasteiger partial charge is 0.415 e. The van der Waals surface area contributed by atoms with Crippen molar-refractivity contribution < 1.29 is 12.3 Å². The highest BCUT2D eigenvalue weighted by Crippen LogP contribution is 2.49. The molecule has 1 rings (SSSR count). The van der Waals surface area contributed by atoms with Crippen molar-refractivity contribution in [3.63, 3.8) is 0 Å². The Balaban J connectivity index is 3.33. The van der Waals surface area contributed by atoms with Crippen LogP contribution in [0.3, 0.4) is 0 Å². The van der Waals surface area contributed by atoms with Gasteiger partial charge in [0.25, 0.3) is 0 Å². The summed E-state index contributed by atoms with van der Waals surface area (Å²) in [7, 11) is -6.37. The fraction of sp³-hybridized carbons (Fsp3) is 1.00. The molecule has 1 aliphatic rings. The van der Waals surface area contributed by atoms with Crippen molar-refractivity contribution in [2.75, 3.05) is 0 Å². The van der Waals surface area contributed by atoms with E-state index in [0.29, 0.717) is 0 Å². The topological polar surface area (TPSA) is 27.7 Å². The first kappa shape index (κ1) is 18.6. The molecule has 1 fully saturated rings. The summed E-state index contributed by atoms with van der Waals surface area (Å²) in [6.45, 7) is 18.1. The lowest BCUT2D eigenvalue weighted by atomic mass is 10.2. The molecule has 0 bridgehead atoms. The Morgan fingerprint density at radius 1 is 0.600 bits per heavy atom. The van der Waals surface area contributed by atoms with Crippen LogP contribution < -0.4 is 0 Å². The van der Waals surface area contributed by atoms with Crippen molar-refractivity contribution in [2.24, 2.45) is 0 Å². The van der Waals surface area contributed by atoms with E-state index in [1.54, 1.807) is 0 Å². The molecule has 1 heterocycles. The maximum absolute atomic E-state index is 6.80. The van der Waals surface area contributed by atoms with Crippen LogP contribution in [-0.2, 0) is 12.3 Å². The van der Waals surface area contributed by atoms with Gasteiger partial charge in [-0.2, -0.15) is 0 Å². The Morgan fingerprint density at radius 2 is 0.950 bits per heavy atom. The molecule has 0 aromatic rings. The van der Waals surface area contributed by atoms with E-state index in [9.17, 15) is 0 Å². The van der Waals surface area contributed by atoms with Gasteiger partial charge in [-0.25, -0.2) is 0 Å². The monoisotopic (exact) mass is 334 g/mol. The molecule has 20 heavy (non-hydrogen) atoms. The van der Waals surface area contributed by atoms with Crippen molar-refractivity contribution >= 4 is 25.7 Å². The van der Waals surface area contributed by atoms with E-state index in [0.717, 1.165) is 30.2 Å². The van der Waals surface area contributed by atoms with Crippen molar-refractivity contribution in [1.82, 2.24) is 0 Å². The minimum atomic E-state index is -2.21. The third kappa shape index (κ3) is 3.15. The van der Waals surface area contributed by atoms with Crippen LogP contribution in [0.2, 0.25) is 35.3 Å². The lowest BCUT2D eigenvalue weighted by Crippen LogP contribution is -2.72. The van der Waals surface area contributed by atoms with Crippen LogP contribution in [-0.4, -0.2) is 25.7 Å². The second-order valence-electron chi connectivity index (χ2n) is 6.90. The van der Waals surface area contributed by atoms with E-state index >= 15 is 0 Å². The predicted octanol–water partition coefficient (Wildman–Crippen LogP) is 5.28. The maximum Gasteiger partial charge on any atom is 0.325 e. The number of hydrogen-bond acceptors (Lipinski definition) is 3. The van der Waals surface area contributed by atoms with Gasteiger partial charge in [0.2, 0.25) is 0 Å². The standard InChI is InChI=1S/C14H34O3Si3/c1-9-18(10-2)15-19(11-3,12-4)17-20(13-5,16-18)14(6,7)8/h9-13H2,1-8H3. The summed E-state index contributed by atoms with van der Waals surface area (Å²) in [6, 6.07) is 5.22. The fourth-order valence-electron chi connectivity index (χ4n) is 3.06. The molecule has 0 radical (unpaired) electrons. The summed E-state index contributed by atoms with van der Waals surface area (Å²) >= 11 is 0.